The van der Waals surface area contributed by atoms with Crippen LogP contribution in [0.25, 0.3) is 0 Å². The summed E-state index contributed by atoms with van der Waals surface area (Å²) in [5, 5.41) is 6.23. The smallest absolute Gasteiger partial charge is 0.240 e. The predicted molar refractivity (Wildman–Crippen MR) is 90.7 cm³/mol. The minimum atomic E-state index is -3.62. The first-order valence-electron chi connectivity index (χ1n) is 7.29. The Labute approximate surface area is 136 Å². The van der Waals surface area contributed by atoms with Crippen LogP contribution in [0, 0.1) is 5.82 Å². The molecule has 0 heterocycles. The number of anilines is 2. The van der Waals surface area contributed by atoms with Gasteiger partial charge in [0.2, 0.25) is 10.0 Å². The van der Waals surface area contributed by atoms with Gasteiger partial charge in [-0.3, -0.25) is 0 Å². The summed E-state index contributed by atoms with van der Waals surface area (Å²) in [6.45, 7) is 1.33. The zero-order valence-corrected chi connectivity index (χ0v) is 13.7. The molecule has 0 fully saturated rings. The Morgan fingerprint density at radius 2 is 1.70 bits per heavy atom. The standard InChI is InChI=1S/C16H20FN3O2S/c1-18-23(21,22)14-8-9-16(15(17)12-14)20-11-5-10-19-13-6-3-2-4-7-13/h2-4,6-9,12,18-20H,5,10-11H2,1H3. The molecule has 0 aliphatic heterocycles. The molecule has 0 radical (unpaired) electrons. The number of para-hydroxylation sites is 1. The lowest BCUT2D eigenvalue weighted by Gasteiger charge is -2.10. The number of hydrogen-bond acceptors (Lipinski definition) is 4. The van der Waals surface area contributed by atoms with E-state index in [9.17, 15) is 12.8 Å². The number of nitrogens with one attached hydrogen (secondary N) is 3. The monoisotopic (exact) mass is 337 g/mol. The van der Waals surface area contributed by atoms with Crippen molar-refractivity contribution >= 4 is 21.4 Å². The van der Waals surface area contributed by atoms with E-state index in [0.29, 0.717) is 12.2 Å². The van der Waals surface area contributed by atoms with Crippen LogP contribution in [0.4, 0.5) is 15.8 Å². The first kappa shape index (κ1) is 17.2. The lowest BCUT2D eigenvalue weighted by molar-refractivity contribution is 0.584. The molecule has 0 unspecified atom stereocenters. The highest BCUT2D eigenvalue weighted by molar-refractivity contribution is 7.89. The van der Waals surface area contributed by atoms with Crippen molar-refractivity contribution in [2.24, 2.45) is 0 Å². The van der Waals surface area contributed by atoms with Crippen molar-refractivity contribution < 1.29 is 12.8 Å². The Hall–Kier alpha value is -2.12. The summed E-state index contributed by atoms with van der Waals surface area (Å²) >= 11 is 0. The zero-order valence-electron chi connectivity index (χ0n) is 12.8. The quantitative estimate of drug-likeness (QED) is 0.648. The highest BCUT2D eigenvalue weighted by Gasteiger charge is 2.13. The maximum Gasteiger partial charge on any atom is 0.240 e. The lowest BCUT2D eigenvalue weighted by atomic mass is 10.3. The number of rotatable bonds is 8. The Morgan fingerprint density at radius 3 is 2.35 bits per heavy atom. The van der Waals surface area contributed by atoms with E-state index in [4.69, 9.17) is 0 Å². The largest absolute Gasteiger partial charge is 0.385 e. The van der Waals surface area contributed by atoms with Crippen molar-refractivity contribution in [3.8, 4) is 0 Å². The molecule has 5 nitrogen and oxygen atoms in total. The number of benzene rings is 2. The first-order valence-corrected chi connectivity index (χ1v) is 8.77. The van der Waals surface area contributed by atoms with E-state index in [-0.39, 0.29) is 4.90 Å². The van der Waals surface area contributed by atoms with Gasteiger partial charge in [-0.1, -0.05) is 18.2 Å². The minimum Gasteiger partial charge on any atom is -0.385 e. The van der Waals surface area contributed by atoms with Gasteiger partial charge in [-0.25, -0.2) is 17.5 Å². The third kappa shape index (κ3) is 4.94. The molecule has 7 heteroatoms. The van der Waals surface area contributed by atoms with E-state index < -0.39 is 15.8 Å². The molecule has 0 saturated heterocycles. The van der Waals surface area contributed by atoms with Crippen molar-refractivity contribution in [3.63, 3.8) is 0 Å². The maximum atomic E-state index is 13.9. The van der Waals surface area contributed by atoms with E-state index in [0.717, 1.165) is 24.7 Å². The zero-order chi connectivity index (χ0) is 16.7. The van der Waals surface area contributed by atoms with Gasteiger partial charge in [0.05, 0.1) is 10.6 Å². The SMILES string of the molecule is CNS(=O)(=O)c1ccc(NCCCNc2ccccc2)c(F)c1. The summed E-state index contributed by atoms with van der Waals surface area (Å²) in [5.74, 6) is -0.586. The molecule has 2 aromatic rings. The maximum absolute atomic E-state index is 13.9. The number of sulfonamides is 1. The van der Waals surface area contributed by atoms with Gasteiger partial charge in [-0.05, 0) is 43.8 Å². The predicted octanol–water partition coefficient (Wildman–Crippen LogP) is 2.65. The molecule has 0 amide bonds. The summed E-state index contributed by atoms with van der Waals surface area (Å²) in [7, 11) is -2.33. The molecule has 2 aromatic carbocycles. The summed E-state index contributed by atoms with van der Waals surface area (Å²) in [6, 6.07) is 13.6. The second-order valence-electron chi connectivity index (χ2n) is 4.92. The molecule has 3 N–H and O–H groups in total. The van der Waals surface area contributed by atoms with Crippen molar-refractivity contribution in [1.29, 1.82) is 0 Å². The molecular formula is C16H20FN3O2S. The highest BCUT2D eigenvalue weighted by atomic mass is 32.2. The normalized spacial score (nSPS) is 11.2. The van der Waals surface area contributed by atoms with E-state index in [2.05, 4.69) is 15.4 Å². The van der Waals surface area contributed by atoms with Gasteiger partial charge in [0.1, 0.15) is 5.82 Å². The minimum absolute atomic E-state index is 0.0891. The Kier molecular flexibility index (Phi) is 5.95. The molecule has 2 rings (SSSR count). The lowest BCUT2D eigenvalue weighted by Crippen LogP contribution is -2.19. The van der Waals surface area contributed by atoms with Gasteiger partial charge in [0.15, 0.2) is 0 Å². The van der Waals surface area contributed by atoms with Gasteiger partial charge >= 0.3 is 0 Å². The van der Waals surface area contributed by atoms with Gasteiger partial charge in [-0.2, -0.15) is 0 Å². The van der Waals surface area contributed by atoms with Crippen LogP contribution in [0.5, 0.6) is 0 Å². The Bertz CT molecular complexity index is 736. The van der Waals surface area contributed by atoms with E-state index in [1.165, 1.54) is 19.2 Å². The van der Waals surface area contributed by atoms with Crippen molar-refractivity contribution in [3.05, 3.63) is 54.3 Å². The highest BCUT2D eigenvalue weighted by Crippen LogP contribution is 2.18. The van der Waals surface area contributed by atoms with Crippen LogP contribution < -0.4 is 15.4 Å². The fourth-order valence-electron chi connectivity index (χ4n) is 2.02. The van der Waals surface area contributed by atoms with Gasteiger partial charge in [0.25, 0.3) is 0 Å². The third-order valence-corrected chi connectivity index (χ3v) is 4.70. The van der Waals surface area contributed by atoms with Crippen molar-refractivity contribution in [2.75, 3.05) is 30.8 Å². The van der Waals surface area contributed by atoms with Crippen LogP contribution in [-0.2, 0) is 10.0 Å². The topological polar surface area (TPSA) is 70.2 Å². The van der Waals surface area contributed by atoms with Crippen LogP contribution in [0.1, 0.15) is 6.42 Å². The fraction of sp³-hybridized carbons (Fsp3) is 0.250. The van der Waals surface area contributed by atoms with Crippen LogP contribution >= 0.6 is 0 Å². The molecule has 124 valence electrons. The fourth-order valence-corrected chi connectivity index (χ4v) is 2.77. The van der Waals surface area contributed by atoms with Crippen molar-refractivity contribution in [1.82, 2.24) is 4.72 Å². The molecule has 23 heavy (non-hydrogen) atoms. The second kappa shape index (κ2) is 7.94. The third-order valence-electron chi connectivity index (χ3n) is 3.29. The van der Waals surface area contributed by atoms with Gasteiger partial charge in [-0.15, -0.1) is 0 Å². The summed E-state index contributed by atoms with van der Waals surface area (Å²) < 4.78 is 39.3. The molecule has 0 aromatic heterocycles. The molecular weight excluding hydrogens is 317 g/mol. The average Bonchev–Trinajstić information content (AvgIpc) is 2.56. The molecule has 0 spiro atoms. The van der Waals surface area contributed by atoms with Crippen LogP contribution in [0.3, 0.4) is 0 Å². The Morgan fingerprint density at radius 1 is 1.00 bits per heavy atom. The number of halogens is 1. The summed E-state index contributed by atoms with van der Waals surface area (Å²) in [4.78, 5) is -0.0891. The molecule has 0 atom stereocenters. The molecule has 0 aliphatic rings. The van der Waals surface area contributed by atoms with Crippen LogP contribution in [0.15, 0.2) is 53.4 Å². The Balaban J connectivity index is 1.82. The van der Waals surface area contributed by atoms with E-state index in [1.807, 2.05) is 30.3 Å². The average molecular weight is 337 g/mol. The molecule has 0 bridgehead atoms. The number of hydrogen-bond donors (Lipinski definition) is 3. The van der Waals surface area contributed by atoms with Gasteiger partial charge in [0, 0.05) is 18.8 Å². The summed E-state index contributed by atoms with van der Waals surface area (Å²) in [6.07, 6.45) is 0.797. The van der Waals surface area contributed by atoms with Crippen LogP contribution in [0.2, 0.25) is 0 Å². The van der Waals surface area contributed by atoms with Crippen molar-refractivity contribution in [2.45, 2.75) is 11.3 Å². The molecule has 0 aliphatic carbocycles. The van der Waals surface area contributed by atoms with Gasteiger partial charge < -0.3 is 10.6 Å². The second-order valence-corrected chi connectivity index (χ2v) is 6.81. The first-order chi connectivity index (χ1) is 11.0. The molecule has 0 saturated carbocycles. The van der Waals surface area contributed by atoms with Crippen LogP contribution in [-0.4, -0.2) is 28.6 Å². The summed E-state index contributed by atoms with van der Waals surface area (Å²) in [5.41, 5.74) is 1.33. The van der Waals surface area contributed by atoms with E-state index >= 15 is 0 Å². The van der Waals surface area contributed by atoms with E-state index in [1.54, 1.807) is 0 Å².